The number of halogens is 1. The number of piperidine rings is 1. The molecule has 1 aliphatic heterocycles. The summed E-state index contributed by atoms with van der Waals surface area (Å²) in [5.41, 5.74) is 1.38. The Kier molecular flexibility index (Phi) is 11.1. The molecule has 0 aliphatic carbocycles. The van der Waals surface area contributed by atoms with E-state index >= 15 is 0 Å². The van der Waals surface area contributed by atoms with E-state index in [1.807, 2.05) is 12.1 Å². The van der Waals surface area contributed by atoms with Gasteiger partial charge in [-0.05, 0) is 85.7 Å². The number of thiazole rings is 1. The van der Waals surface area contributed by atoms with Crippen molar-refractivity contribution in [1.29, 1.82) is 0 Å². The Morgan fingerprint density at radius 3 is 2.45 bits per heavy atom. The number of nitrogens with zero attached hydrogens (tertiary/aromatic N) is 4. The quantitative estimate of drug-likeness (QED) is 0.143. The van der Waals surface area contributed by atoms with E-state index in [0.29, 0.717) is 46.2 Å². The number of hydrogen-bond acceptors (Lipinski definition) is 9. The molecule has 11 heteroatoms. The summed E-state index contributed by atoms with van der Waals surface area (Å²) >= 11 is 1.34. The Labute approximate surface area is 294 Å². The van der Waals surface area contributed by atoms with Crippen LogP contribution in [0.25, 0.3) is 10.9 Å². The second-order valence-corrected chi connectivity index (χ2v) is 16.1. The summed E-state index contributed by atoms with van der Waals surface area (Å²) in [6.45, 7) is 22.7. The van der Waals surface area contributed by atoms with Gasteiger partial charge in [-0.25, -0.2) is 19.3 Å². The predicted octanol–water partition coefficient (Wildman–Crippen LogP) is 8.55. The molecule has 2 N–H and O–H groups in total. The van der Waals surface area contributed by atoms with Crippen LogP contribution in [0.5, 0.6) is 11.5 Å². The number of rotatable bonds is 12. The lowest BCUT2D eigenvalue weighted by atomic mass is 9.48. The molecule has 3 heterocycles. The number of likely N-dealkylation sites (tertiary alicyclic amines) is 1. The standard InChI is InChI=1S/C38H50FN6O3S/c1-36(2,3)38(7,37(4,5)6)25-13-16-45(17-14-25)15-10-18-48-32-22-30-29(21-31(32)47-8)34(42-24-41-30)44-35-40-23-28(49-35)20-33(46)43-27-12-9-11-26(39)19-27/h9,11-12,19,21-25H,7,10,13-18,20H2,1-6,8H3,(H,43,46)(H,40,41,42,44). The van der Waals surface area contributed by atoms with Gasteiger partial charge < -0.3 is 25.0 Å². The molecule has 263 valence electrons. The van der Waals surface area contributed by atoms with Crippen LogP contribution >= 0.6 is 11.3 Å². The van der Waals surface area contributed by atoms with Crippen molar-refractivity contribution in [2.45, 2.75) is 67.2 Å². The van der Waals surface area contributed by atoms with Gasteiger partial charge in [0, 0.05) is 34.8 Å². The normalized spacial score (nSPS) is 15.0. The first kappa shape index (κ1) is 36.5. The van der Waals surface area contributed by atoms with Crippen LogP contribution in [-0.2, 0) is 11.2 Å². The SMILES string of the molecule is [CH2]C(C1CCN(CCCOc2cc3ncnc(Nc4ncc(CC(=O)Nc5cccc(F)c5)s4)c3cc2OC)CC1)(C(C)(C)C)C(C)(C)C. The zero-order valence-electron chi connectivity index (χ0n) is 29.9. The number of methoxy groups -OCH3 is 1. The Hall–Kier alpha value is -3.83. The van der Waals surface area contributed by atoms with Gasteiger partial charge in [0.05, 0.1) is 25.7 Å². The Bertz CT molecular complexity index is 1730. The van der Waals surface area contributed by atoms with Crippen LogP contribution in [0.15, 0.2) is 48.9 Å². The number of nitrogens with one attached hydrogen (secondary N) is 2. The average Bonchev–Trinajstić information content (AvgIpc) is 3.47. The Morgan fingerprint density at radius 1 is 1.04 bits per heavy atom. The van der Waals surface area contributed by atoms with E-state index in [1.165, 1.54) is 42.6 Å². The van der Waals surface area contributed by atoms with Crippen molar-refractivity contribution in [3.05, 3.63) is 66.5 Å². The molecule has 1 saturated heterocycles. The topological polar surface area (TPSA) is 102 Å². The van der Waals surface area contributed by atoms with Gasteiger partial charge in [0.2, 0.25) is 5.91 Å². The smallest absolute Gasteiger partial charge is 0.229 e. The summed E-state index contributed by atoms with van der Waals surface area (Å²) in [6, 6.07) is 9.55. The van der Waals surface area contributed by atoms with Gasteiger partial charge in [0.25, 0.3) is 0 Å². The fourth-order valence-corrected chi connectivity index (χ4v) is 8.19. The number of ether oxygens (including phenoxy) is 2. The summed E-state index contributed by atoms with van der Waals surface area (Å²) in [7, 11) is 1.62. The fourth-order valence-electron chi connectivity index (χ4n) is 7.38. The highest BCUT2D eigenvalue weighted by molar-refractivity contribution is 7.15. The molecule has 1 fully saturated rings. The first-order valence-corrected chi connectivity index (χ1v) is 17.8. The van der Waals surface area contributed by atoms with Crippen LogP contribution in [-0.4, -0.2) is 59.1 Å². The number of benzene rings is 2. The van der Waals surface area contributed by atoms with Crippen LogP contribution in [0, 0.1) is 34.9 Å². The minimum atomic E-state index is -0.408. The van der Waals surface area contributed by atoms with Crippen molar-refractivity contribution in [2.75, 3.05) is 44.0 Å². The molecule has 4 aromatic rings. The molecule has 1 radical (unpaired) electrons. The molecular formula is C38H50FN6O3S. The van der Waals surface area contributed by atoms with Gasteiger partial charge in [-0.15, -0.1) is 11.3 Å². The van der Waals surface area contributed by atoms with Crippen molar-refractivity contribution < 1.29 is 18.7 Å². The first-order chi connectivity index (χ1) is 23.2. The lowest BCUT2D eigenvalue weighted by Gasteiger charge is -2.57. The highest BCUT2D eigenvalue weighted by Crippen LogP contribution is 2.58. The minimum Gasteiger partial charge on any atom is -0.493 e. The molecule has 2 aromatic carbocycles. The van der Waals surface area contributed by atoms with Gasteiger partial charge in [0.15, 0.2) is 16.6 Å². The number of fused-ring (bicyclic) bond motifs is 1. The molecule has 0 unspecified atom stereocenters. The number of hydrogen-bond donors (Lipinski definition) is 2. The lowest BCUT2D eigenvalue weighted by molar-refractivity contribution is -0.115. The van der Waals surface area contributed by atoms with Crippen LogP contribution in [0.2, 0.25) is 0 Å². The second kappa shape index (κ2) is 15.0. The molecule has 0 bridgehead atoms. The van der Waals surface area contributed by atoms with Crippen molar-refractivity contribution in [3.63, 3.8) is 0 Å². The van der Waals surface area contributed by atoms with E-state index in [0.717, 1.165) is 36.3 Å². The van der Waals surface area contributed by atoms with Crippen molar-refractivity contribution in [2.24, 2.45) is 22.2 Å². The van der Waals surface area contributed by atoms with E-state index in [4.69, 9.17) is 16.4 Å². The molecule has 0 atom stereocenters. The number of carbonyl (C=O) groups excluding carboxylic acids is 1. The molecular weight excluding hydrogens is 640 g/mol. The summed E-state index contributed by atoms with van der Waals surface area (Å²) in [5.74, 6) is 1.72. The number of aromatic nitrogens is 3. The molecule has 49 heavy (non-hydrogen) atoms. The second-order valence-electron chi connectivity index (χ2n) is 15.0. The monoisotopic (exact) mass is 689 g/mol. The Morgan fingerprint density at radius 2 is 1.78 bits per heavy atom. The maximum atomic E-state index is 13.5. The lowest BCUT2D eigenvalue weighted by Crippen LogP contribution is -2.52. The molecule has 0 saturated carbocycles. The van der Waals surface area contributed by atoms with Crippen LogP contribution < -0.4 is 20.1 Å². The van der Waals surface area contributed by atoms with E-state index in [1.54, 1.807) is 25.4 Å². The van der Waals surface area contributed by atoms with E-state index in [9.17, 15) is 9.18 Å². The molecule has 1 aliphatic rings. The van der Waals surface area contributed by atoms with E-state index < -0.39 is 5.82 Å². The highest BCUT2D eigenvalue weighted by atomic mass is 32.1. The molecule has 1 amide bonds. The van der Waals surface area contributed by atoms with Gasteiger partial charge in [-0.3, -0.25) is 4.79 Å². The van der Waals surface area contributed by atoms with Gasteiger partial charge in [-0.1, -0.05) is 47.6 Å². The van der Waals surface area contributed by atoms with Crippen molar-refractivity contribution >= 4 is 44.8 Å². The Balaban J connectivity index is 1.15. The molecule has 9 nitrogen and oxygen atoms in total. The summed E-state index contributed by atoms with van der Waals surface area (Å²) in [4.78, 5) is 29.1. The zero-order chi connectivity index (χ0) is 35.4. The van der Waals surface area contributed by atoms with Crippen LogP contribution in [0.4, 0.5) is 21.0 Å². The maximum Gasteiger partial charge on any atom is 0.229 e. The largest absolute Gasteiger partial charge is 0.493 e. The average molecular weight is 690 g/mol. The maximum absolute atomic E-state index is 13.5. The van der Waals surface area contributed by atoms with E-state index in [-0.39, 0.29) is 28.6 Å². The van der Waals surface area contributed by atoms with Crippen molar-refractivity contribution in [3.8, 4) is 11.5 Å². The number of anilines is 3. The third kappa shape index (κ3) is 8.49. The molecule has 2 aromatic heterocycles. The number of amides is 1. The van der Waals surface area contributed by atoms with Gasteiger partial charge in [0.1, 0.15) is 18.0 Å². The predicted molar refractivity (Wildman–Crippen MR) is 196 cm³/mol. The van der Waals surface area contributed by atoms with E-state index in [2.05, 4.69) is 72.0 Å². The van der Waals surface area contributed by atoms with Crippen LogP contribution in [0.1, 0.15) is 65.7 Å². The van der Waals surface area contributed by atoms with Gasteiger partial charge in [-0.2, -0.15) is 0 Å². The third-order valence-corrected chi connectivity index (χ3v) is 10.9. The molecule has 5 rings (SSSR count). The molecule has 0 spiro atoms. The highest BCUT2D eigenvalue weighted by Gasteiger charge is 2.51. The van der Waals surface area contributed by atoms with Gasteiger partial charge >= 0.3 is 0 Å². The summed E-state index contributed by atoms with van der Waals surface area (Å²) < 4.78 is 25.4. The summed E-state index contributed by atoms with van der Waals surface area (Å²) in [6.07, 6.45) is 6.48. The summed E-state index contributed by atoms with van der Waals surface area (Å²) in [5, 5.41) is 7.30. The van der Waals surface area contributed by atoms with Crippen molar-refractivity contribution in [1.82, 2.24) is 19.9 Å². The number of carbonyl (C=O) groups is 1. The van der Waals surface area contributed by atoms with Crippen LogP contribution in [0.3, 0.4) is 0 Å². The fraction of sp³-hybridized carbons (Fsp3) is 0.500. The first-order valence-electron chi connectivity index (χ1n) is 17.0. The minimum absolute atomic E-state index is 0.00842. The third-order valence-electron chi connectivity index (χ3n) is 9.98. The zero-order valence-corrected chi connectivity index (χ0v) is 30.7.